The molecule has 0 N–H and O–H groups in total. The minimum Gasteiger partial charge on any atom is -0.455 e. The second-order valence-electron chi connectivity index (χ2n) is 8.44. The van der Waals surface area contributed by atoms with E-state index in [2.05, 4.69) is 18.7 Å². The van der Waals surface area contributed by atoms with E-state index in [0.29, 0.717) is 23.2 Å². The van der Waals surface area contributed by atoms with Crippen molar-refractivity contribution < 1.29 is 9.53 Å². The smallest absolute Gasteiger partial charge is 0.324 e. The summed E-state index contributed by atoms with van der Waals surface area (Å²) >= 11 is 6.29. The van der Waals surface area contributed by atoms with Crippen LogP contribution in [0.1, 0.15) is 38.7 Å². The summed E-state index contributed by atoms with van der Waals surface area (Å²) in [6, 6.07) is 13.4. The average molecular weight is 442 g/mol. The van der Waals surface area contributed by atoms with Crippen molar-refractivity contribution in [3.63, 3.8) is 0 Å². The first kappa shape index (κ1) is 22.0. The Bertz CT molecular complexity index is 907. The van der Waals surface area contributed by atoms with Crippen molar-refractivity contribution in [3.8, 4) is 11.5 Å². The van der Waals surface area contributed by atoms with Crippen LogP contribution >= 0.6 is 11.6 Å². The van der Waals surface area contributed by atoms with Gasteiger partial charge in [0.15, 0.2) is 5.75 Å². The highest BCUT2D eigenvalue weighted by molar-refractivity contribution is 6.31. The number of amides is 2. The molecule has 4 rings (SSSR count). The maximum Gasteiger partial charge on any atom is 0.324 e. The molecule has 2 heterocycles. The van der Waals surface area contributed by atoms with Crippen LogP contribution in [0, 0.1) is 5.92 Å². The van der Waals surface area contributed by atoms with Crippen molar-refractivity contribution in [2.24, 2.45) is 5.92 Å². The Morgan fingerprint density at radius 3 is 2.58 bits per heavy atom. The molecule has 166 valence electrons. The van der Waals surface area contributed by atoms with E-state index in [0.717, 1.165) is 62.6 Å². The minimum atomic E-state index is 0.0333. The molecule has 0 unspecified atom stereocenters. The van der Waals surface area contributed by atoms with Gasteiger partial charge in [-0.1, -0.05) is 43.6 Å². The summed E-state index contributed by atoms with van der Waals surface area (Å²) in [6.45, 7) is 9.88. The fourth-order valence-electron chi connectivity index (χ4n) is 4.56. The summed E-state index contributed by atoms with van der Waals surface area (Å²) in [5.74, 6) is 2.15. The molecule has 0 spiro atoms. The van der Waals surface area contributed by atoms with Gasteiger partial charge in [0.2, 0.25) is 0 Å². The quantitative estimate of drug-likeness (QED) is 0.569. The SMILES string of the molecule is CCN(CC)CCC1CCN(C(=O)N2Cc3ccccc3Oc3ccc(Cl)cc32)CC1. The first-order chi connectivity index (χ1) is 15.1. The van der Waals surface area contributed by atoms with Gasteiger partial charge in [-0.3, -0.25) is 4.90 Å². The number of likely N-dealkylation sites (tertiary alicyclic amines) is 1. The number of urea groups is 1. The maximum absolute atomic E-state index is 13.6. The Morgan fingerprint density at radius 2 is 1.84 bits per heavy atom. The lowest BCUT2D eigenvalue weighted by molar-refractivity contribution is 0.166. The van der Waals surface area contributed by atoms with Gasteiger partial charge in [-0.15, -0.1) is 0 Å². The van der Waals surface area contributed by atoms with Gasteiger partial charge in [0, 0.05) is 23.7 Å². The molecule has 31 heavy (non-hydrogen) atoms. The lowest BCUT2D eigenvalue weighted by Gasteiger charge is -2.36. The van der Waals surface area contributed by atoms with Gasteiger partial charge in [0.1, 0.15) is 5.75 Å². The molecular weight excluding hydrogens is 410 g/mol. The van der Waals surface area contributed by atoms with Crippen LogP contribution in [0.4, 0.5) is 10.5 Å². The highest BCUT2D eigenvalue weighted by Crippen LogP contribution is 2.41. The largest absolute Gasteiger partial charge is 0.455 e. The maximum atomic E-state index is 13.6. The number of anilines is 1. The predicted octanol–water partition coefficient (Wildman–Crippen LogP) is 6.02. The fourth-order valence-corrected chi connectivity index (χ4v) is 4.72. The molecule has 2 aromatic rings. The van der Waals surface area contributed by atoms with E-state index in [1.807, 2.05) is 46.2 Å². The van der Waals surface area contributed by atoms with Crippen LogP contribution in [0.2, 0.25) is 5.02 Å². The number of para-hydroxylation sites is 1. The zero-order chi connectivity index (χ0) is 21.8. The van der Waals surface area contributed by atoms with Crippen LogP contribution in [0.5, 0.6) is 11.5 Å². The molecule has 0 aromatic heterocycles. The van der Waals surface area contributed by atoms with E-state index in [1.54, 1.807) is 6.07 Å². The van der Waals surface area contributed by atoms with Crippen LogP contribution < -0.4 is 9.64 Å². The monoisotopic (exact) mass is 441 g/mol. The number of hydrogen-bond donors (Lipinski definition) is 0. The Kier molecular flexibility index (Phi) is 7.03. The molecule has 2 amide bonds. The molecule has 6 heteroatoms. The van der Waals surface area contributed by atoms with Gasteiger partial charge >= 0.3 is 6.03 Å². The molecule has 1 fully saturated rings. The number of hydrogen-bond acceptors (Lipinski definition) is 3. The first-order valence-electron chi connectivity index (χ1n) is 11.4. The normalized spacial score (nSPS) is 16.5. The topological polar surface area (TPSA) is 36.0 Å². The van der Waals surface area contributed by atoms with Gasteiger partial charge in [0.05, 0.1) is 12.2 Å². The molecule has 0 saturated carbocycles. The number of carbonyl (C=O) groups excluding carboxylic acids is 1. The zero-order valence-electron chi connectivity index (χ0n) is 18.5. The molecular formula is C25H32ClN3O2. The second kappa shape index (κ2) is 9.92. The third-order valence-electron chi connectivity index (χ3n) is 6.60. The Balaban J connectivity index is 1.47. The Hall–Kier alpha value is -2.24. The number of nitrogens with zero attached hydrogens (tertiary/aromatic N) is 3. The van der Waals surface area contributed by atoms with Crippen molar-refractivity contribution in [1.29, 1.82) is 0 Å². The van der Waals surface area contributed by atoms with Gasteiger partial charge in [-0.05, 0) is 69.1 Å². The number of ether oxygens (including phenoxy) is 1. The molecule has 0 radical (unpaired) electrons. The minimum absolute atomic E-state index is 0.0333. The van der Waals surface area contributed by atoms with E-state index in [1.165, 1.54) is 6.42 Å². The van der Waals surface area contributed by atoms with Crippen molar-refractivity contribution in [2.45, 2.75) is 39.7 Å². The summed E-state index contributed by atoms with van der Waals surface area (Å²) < 4.78 is 6.14. The van der Waals surface area contributed by atoms with Crippen LogP contribution in [0.25, 0.3) is 0 Å². The van der Waals surface area contributed by atoms with Crippen molar-refractivity contribution >= 4 is 23.3 Å². The van der Waals surface area contributed by atoms with Crippen molar-refractivity contribution in [1.82, 2.24) is 9.80 Å². The number of piperidine rings is 1. The van der Waals surface area contributed by atoms with Crippen LogP contribution in [0.3, 0.4) is 0 Å². The molecule has 0 aliphatic carbocycles. The van der Waals surface area contributed by atoms with E-state index < -0.39 is 0 Å². The van der Waals surface area contributed by atoms with Crippen molar-refractivity contribution in [2.75, 3.05) is 37.6 Å². The average Bonchev–Trinajstić information content (AvgIpc) is 2.96. The van der Waals surface area contributed by atoms with Crippen LogP contribution in [-0.2, 0) is 6.54 Å². The lowest BCUT2D eigenvalue weighted by Crippen LogP contribution is -2.46. The van der Waals surface area contributed by atoms with Gasteiger partial charge in [-0.25, -0.2) is 4.79 Å². The first-order valence-corrected chi connectivity index (χ1v) is 11.8. The number of carbonyl (C=O) groups is 1. The Morgan fingerprint density at radius 1 is 1.10 bits per heavy atom. The predicted molar refractivity (Wildman–Crippen MR) is 126 cm³/mol. The summed E-state index contributed by atoms with van der Waals surface area (Å²) in [5.41, 5.74) is 1.73. The molecule has 2 aliphatic heterocycles. The van der Waals surface area contributed by atoms with Gasteiger partial charge in [-0.2, -0.15) is 0 Å². The molecule has 5 nitrogen and oxygen atoms in total. The molecule has 0 bridgehead atoms. The molecule has 2 aromatic carbocycles. The second-order valence-corrected chi connectivity index (χ2v) is 8.87. The summed E-state index contributed by atoms with van der Waals surface area (Å²) in [6.07, 6.45) is 3.35. The van der Waals surface area contributed by atoms with E-state index >= 15 is 0 Å². The summed E-state index contributed by atoms with van der Waals surface area (Å²) in [5, 5.41) is 0.598. The highest BCUT2D eigenvalue weighted by atomic mass is 35.5. The number of rotatable bonds is 5. The number of fused-ring (bicyclic) bond motifs is 2. The van der Waals surface area contributed by atoms with Gasteiger partial charge < -0.3 is 14.5 Å². The van der Waals surface area contributed by atoms with Crippen LogP contribution in [-0.4, -0.2) is 48.6 Å². The van der Waals surface area contributed by atoms with Gasteiger partial charge in [0.25, 0.3) is 0 Å². The fraction of sp³-hybridized carbons (Fsp3) is 0.480. The van der Waals surface area contributed by atoms with E-state index in [9.17, 15) is 4.79 Å². The summed E-state index contributed by atoms with van der Waals surface area (Å²) in [4.78, 5) is 19.9. The summed E-state index contributed by atoms with van der Waals surface area (Å²) in [7, 11) is 0. The number of halogens is 1. The van der Waals surface area contributed by atoms with Crippen molar-refractivity contribution in [3.05, 3.63) is 53.1 Å². The highest BCUT2D eigenvalue weighted by Gasteiger charge is 2.31. The number of benzene rings is 2. The zero-order valence-corrected chi connectivity index (χ0v) is 19.3. The van der Waals surface area contributed by atoms with E-state index in [-0.39, 0.29) is 6.03 Å². The van der Waals surface area contributed by atoms with E-state index in [4.69, 9.17) is 16.3 Å². The Labute approximate surface area is 190 Å². The standard InChI is InChI=1S/C25H32ClN3O2/c1-3-27(4-2)14-11-19-12-15-28(16-13-19)25(30)29-18-20-7-5-6-8-23(20)31-24-10-9-21(26)17-22(24)29/h5-10,17,19H,3-4,11-16,18H2,1-2H3. The molecule has 2 aliphatic rings. The van der Waals surface area contributed by atoms with Crippen LogP contribution in [0.15, 0.2) is 42.5 Å². The molecule has 1 saturated heterocycles. The third kappa shape index (κ3) is 4.99. The molecule has 0 atom stereocenters. The lowest BCUT2D eigenvalue weighted by atomic mass is 9.93. The third-order valence-corrected chi connectivity index (χ3v) is 6.83.